The maximum atomic E-state index is 11.0. The number of aromatic carboxylic acids is 1. The number of carbonyl (C=O) groups is 1. The van der Waals surface area contributed by atoms with Crippen LogP contribution in [-0.2, 0) is 13.1 Å². The van der Waals surface area contributed by atoms with E-state index in [1.165, 1.54) is 16.9 Å². The Morgan fingerprint density at radius 1 is 1.24 bits per heavy atom. The molecule has 0 bridgehead atoms. The van der Waals surface area contributed by atoms with Crippen molar-refractivity contribution in [1.82, 2.24) is 4.90 Å². The lowest BCUT2D eigenvalue weighted by Crippen LogP contribution is -2.26. The summed E-state index contributed by atoms with van der Waals surface area (Å²) in [6, 6.07) is 11.8. The van der Waals surface area contributed by atoms with Crippen LogP contribution >= 0.6 is 11.3 Å². The van der Waals surface area contributed by atoms with E-state index in [-0.39, 0.29) is 6.61 Å². The van der Waals surface area contributed by atoms with Gasteiger partial charge in [-0.3, -0.25) is 4.90 Å². The highest BCUT2D eigenvalue weighted by atomic mass is 32.1. The Balaban J connectivity index is 2.10. The molecule has 0 aliphatic rings. The number of rotatable bonds is 7. The molecule has 2 aromatic rings. The Hall–Kier alpha value is -1.69. The summed E-state index contributed by atoms with van der Waals surface area (Å²) in [6.07, 6.45) is 0. The van der Waals surface area contributed by atoms with Gasteiger partial charge in [-0.05, 0) is 24.1 Å². The zero-order valence-electron chi connectivity index (χ0n) is 12.0. The van der Waals surface area contributed by atoms with Gasteiger partial charge in [-0.1, -0.05) is 30.3 Å². The van der Waals surface area contributed by atoms with Gasteiger partial charge in [-0.15, -0.1) is 11.3 Å². The Kier molecular flexibility index (Phi) is 5.50. The van der Waals surface area contributed by atoms with Gasteiger partial charge in [0.25, 0.3) is 0 Å². The van der Waals surface area contributed by atoms with E-state index in [9.17, 15) is 9.90 Å². The smallest absolute Gasteiger partial charge is 0.345 e. The van der Waals surface area contributed by atoms with Crippen LogP contribution in [0.3, 0.4) is 0 Å². The number of hydrogen-bond acceptors (Lipinski definition) is 4. The predicted octanol–water partition coefficient (Wildman–Crippen LogP) is 2.75. The number of nitrogens with zero attached hydrogens (tertiary/aromatic N) is 1. The number of carboxylic acids is 1. The van der Waals surface area contributed by atoms with Crippen molar-refractivity contribution in [1.29, 1.82) is 0 Å². The maximum Gasteiger partial charge on any atom is 0.345 e. The van der Waals surface area contributed by atoms with Gasteiger partial charge < -0.3 is 10.2 Å². The van der Waals surface area contributed by atoms with Gasteiger partial charge in [0.05, 0.1) is 6.61 Å². The first kappa shape index (κ1) is 15.7. The summed E-state index contributed by atoms with van der Waals surface area (Å²) in [4.78, 5) is 14.5. The average Bonchev–Trinajstić information content (AvgIpc) is 2.82. The van der Waals surface area contributed by atoms with E-state index in [1.807, 2.05) is 37.3 Å². The lowest BCUT2D eigenvalue weighted by Gasteiger charge is -2.21. The van der Waals surface area contributed by atoms with Crippen molar-refractivity contribution in [2.75, 3.05) is 13.2 Å². The number of aliphatic hydroxyl groups excluding tert-OH is 1. The van der Waals surface area contributed by atoms with Crippen LogP contribution in [0.5, 0.6) is 0 Å². The molecular weight excluding hydrogens is 286 g/mol. The second-order valence-corrected chi connectivity index (χ2v) is 6.17. The molecule has 0 atom stereocenters. The molecule has 1 heterocycles. The minimum Gasteiger partial charge on any atom is -0.477 e. The van der Waals surface area contributed by atoms with Crippen LogP contribution in [0.15, 0.2) is 36.4 Å². The van der Waals surface area contributed by atoms with Crippen molar-refractivity contribution in [3.05, 3.63) is 57.3 Å². The Bertz CT molecular complexity index is 595. The molecule has 0 unspecified atom stereocenters. The van der Waals surface area contributed by atoms with Crippen LogP contribution < -0.4 is 0 Å². The van der Waals surface area contributed by atoms with Crippen molar-refractivity contribution in [3.63, 3.8) is 0 Å². The lowest BCUT2D eigenvalue weighted by atomic mass is 10.2. The molecule has 5 heteroatoms. The number of benzene rings is 1. The van der Waals surface area contributed by atoms with Crippen molar-refractivity contribution in [2.45, 2.75) is 20.0 Å². The fourth-order valence-electron chi connectivity index (χ4n) is 2.22. The summed E-state index contributed by atoms with van der Waals surface area (Å²) in [6.45, 7) is 3.96. The average molecular weight is 305 g/mol. The first-order valence-corrected chi connectivity index (χ1v) is 7.61. The summed E-state index contributed by atoms with van der Waals surface area (Å²) in [5.74, 6) is -0.883. The van der Waals surface area contributed by atoms with Gasteiger partial charge in [-0.2, -0.15) is 0 Å². The van der Waals surface area contributed by atoms with E-state index in [2.05, 4.69) is 4.90 Å². The molecule has 1 aromatic heterocycles. The highest BCUT2D eigenvalue weighted by Gasteiger charge is 2.14. The SMILES string of the molecule is Cc1sc(C(=O)O)cc1CN(CCO)Cc1ccccc1. The van der Waals surface area contributed by atoms with Gasteiger partial charge in [0, 0.05) is 24.5 Å². The number of hydrogen-bond donors (Lipinski definition) is 2. The third kappa shape index (κ3) is 4.39. The van der Waals surface area contributed by atoms with E-state index in [4.69, 9.17) is 5.11 Å². The molecule has 0 amide bonds. The molecule has 0 saturated heterocycles. The first-order chi connectivity index (χ1) is 10.1. The van der Waals surface area contributed by atoms with Crippen LogP contribution in [0.25, 0.3) is 0 Å². The standard InChI is InChI=1S/C16H19NO3S/c1-12-14(9-15(21-12)16(19)20)11-17(7-8-18)10-13-5-3-2-4-6-13/h2-6,9,18H,7-8,10-11H2,1H3,(H,19,20). The van der Waals surface area contributed by atoms with Crippen molar-refractivity contribution in [3.8, 4) is 0 Å². The van der Waals surface area contributed by atoms with Gasteiger partial charge in [-0.25, -0.2) is 4.79 Å². The minimum atomic E-state index is -0.883. The molecule has 0 aliphatic heterocycles. The van der Waals surface area contributed by atoms with Crippen molar-refractivity contribution in [2.24, 2.45) is 0 Å². The summed E-state index contributed by atoms with van der Waals surface area (Å²) in [5.41, 5.74) is 2.19. The zero-order valence-corrected chi connectivity index (χ0v) is 12.8. The topological polar surface area (TPSA) is 60.8 Å². The van der Waals surface area contributed by atoms with Crippen LogP contribution in [0, 0.1) is 6.92 Å². The van der Waals surface area contributed by atoms with Gasteiger partial charge in [0.15, 0.2) is 0 Å². The number of aryl methyl sites for hydroxylation is 1. The fourth-order valence-corrected chi connectivity index (χ4v) is 3.09. The van der Waals surface area contributed by atoms with E-state index < -0.39 is 5.97 Å². The van der Waals surface area contributed by atoms with Crippen LogP contribution in [0.1, 0.15) is 25.7 Å². The number of thiophene rings is 1. The first-order valence-electron chi connectivity index (χ1n) is 6.80. The van der Waals surface area contributed by atoms with Gasteiger partial charge in [0.2, 0.25) is 0 Å². The number of carboxylic acid groups (broad SMARTS) is 1. The minimum absolute atomic E-state index is 0.0851. The molecule has 0 aliphatic carbocycles. The van der Waals surface area contributed by atoms with E-state index >= 15 is 0 Å². The molecule has 1 aromatic carbocycles. The predicted molar refractivity (Wildman–Crippen MR) is 83.7 cm³/mol. The molecule has 0 spiro atoms. The maximum absolute atomic E-state index is 11.0. The quantitative estimate of drug-likeness (QED) is 0.826. The lowest BCUT2D eigenvalue weighted by molar-refractivity contribution is 0.0702. The molecule has 0 radical (unpaired) electrons. The third-order valence-electron chi connectivity index (χ3n) is 3.29. The fraction of sp³-hybridized carbons (Fsp3) is 0.312. The third-order valence-corrected chi connectivity index (χ3v) is 4.37. The molecule has 2 N–H and O–H groups in total. The highest BCUT2D eigenvalue weighted by Crippen LogP contribution is 2.23. The van der Waals surface area contributed by atoms with Crippen LogP contribution in [-0.4, -0.2) is 34.2 Å². The summed E-state index contributed by atoms with van der Waals surface area (Å²) < 4.78 is 0. The Labute approximate surface area is 128 Å². The summed E-state index contributed by atoms with van der Waals surface area (Å²) >= 11 is 1.30. The largest absolute Gasteiger partial charge is 0.477 e. The van der Waals surface area contributed by atoms with Crippen molar-refractivity contribution < 1.29 is 15.0 Å². The molecule has 0 saturated carbocycles. The molecule has 4 nitrogen and oxygen atoms in total. The normalized spacial score (nSPS) is 11.0. The monoisotopic (exact) mass is 305 g/mol. The summed E-state index contributed by atoms with van der Waals surface area (Å²) in [5, 5.41) is 18.3. The van der Waals surface area contributed by atoms with Crippen molar-refractivity contribution >= 4 is 17.3 Å². The number of aliphatic hydroxyl groups is 1. The second kappa shape index (κ2) is 7.36. The molecule has 2 rings (SSSR count). The highest BCUT2D eigenvalue weighted by molar-refractivity contribution is 7.14. The van der Waals surface area contributed by atoms with Crippen LogP contribution in [0.2, 0.25) is 0 Å². The summed E-state index contributed by atoms with van der Waals surface area (Å²) in [7, 11) is 0. The zero-order chi connectivity index (χ0) is 15.2. The van der Waals surface area contributed by atoms with E-state index in [0.717, 1.165) is 17.0 Å². The van der Waals surface area contributed by atoms with Crippen LogP contribution in [0.4, 0.5) is 0 Å². The molecular formula is C16H19NO3S. The molecule has 112 valence electrons. The van der Waals surface area contributed by atoms with E-state index in [0.29, 0.717) is 18.0 Å². The molecule has 21 heavy (non-hydrogen) atoms. The van der Waals surface area contributed by atoms with Gasteiger partial charge in [0.1, 0.15) is 4.88 Å². The molecule has 0 fully saturated rings. The van der Waals surface area contributed by atoms with Gasteiger partial charge >= 0.3 is 5.97 Å². The van der Waals surface area contributed by atoms with E-state index in [1.54, 1.807) is 6.07 Å². The second-order valence-electron chi connectivity index (χ2n) is 4.92. The Morgan fingerprint density at radius 2 is 1.95 bits per heavy atom. The Morgan fingerprint density at radius 3 is 2.52 bits per heavy atom.